The predicted molar refractivity (Wildman–Crippen MR) is 97.5 cm³/mol. The van der Waals surface area contributed by atoms with Crippen LogP contribution < -0.4 is 4.74 Å². The molecule has 2 aromatic rings. The zero-order valence-electron chi connectivity index (χ0n) is 15.1. The molecule has 0 bridgehead atoms. The number of phenols is 1. The molecule has 1 N–H and O–H groups in total. The van der Waals surface area contributed by atoms with Crippen molar-refractivity contribution in [3.05, 3.63) is 47.5 Å². The van der Waals surface area contributed by atoms with Crippen LogP contribution in [0, 0.1) is 0 Å². The standard InChI is InChI=1S/C21H28O2/c1-13(2)17-8-7-9-18(14(3)4)21(17)19-11-10-16(22)12-20(19)23-15(5)6/h7-15,22H,1-6H3. The van der Waals surface area contributed by atoms with Gasteiger partial charge in [-0.1, -0.05) is 45.9 Å². The molecule has 0 radical (unpaired) electrons. The van der Waals surface area contributed by atoms with Crippen LogP contribution in [-0.4, -0.2) is 11.2 Å². The van der Waals surface area contributed by atoms with Gasteiger partial charge in [-0.05, 0) is 54.5 Å². The molecule has 124 valence electrons. The van der Waals surface area contributed by atoms with E-state index in [1.165, 1.54) is 16.7 Å². The maximum absolute atomic E-state index is 9.87. The van der Waals surface area contributed by atoms with E-state index in [1.807, 2.05) is 19.9 Å². The SMILES string of the molecule is CC(C)Oc1cc(O)ccc1-c1c(C(C)C)cccc1C(C)C. The molecule has 0 aliphatic carbocycles. The summed E-state index contributed by atoms with van der Waals surface area (Å²) in [6, 6.07) is 12.0. The maximum Gasteiger partial charge on any atom is 0.131 e. The summed E-state index contributed by atoms with van der Waals surface area (Å²) in [7, 11) is 0. The Morgan fingerprint density at radius 3 is 1.87 bits per heavy atom. The molecule has 23 heavy (non-hydrogen) atoms. The number of hydrogen-bond donors (Lipinski definition) is 1. The fraction of sp³-hybridized carbons (Fsp3) is 0.429. The van der Waals surface area contributed by atoms with Gasteiger partial charge in [-0.2, -0.15) is 0 Å². The summed E-state index contributed by atoms with van der Waals surface area (Å²) in [6.07, 6.45) is 0.0595. The summed E-state index contributed by atoms with van der Waals surface area (Å²) >= 11 is 0. The van der Waals surface area contributed by atoms with Crippen molar-refractivity contribution in [1.82, 2.24) is 0 Å². The molecule has 0 aromatic heterocycles. The number of rotatable bonds is 5. The first-order valence-corrected chi connectivity index (χ1v) is 8.44. The van der Waals surface area contributed by atoms with E-state index >= 15 is 0 Å². The van der Waals surface area contributed by atoms with Crippen molar-refractivity contribution in [2.24, 2.45) is 0 Å². The van der Waals surface area contributed by atoms with E-state index in [4.69, 9.17) is 4.74 Å². The summed E-state index contributed by atoms with van der Waals surface area (Å²) in [5.74, 6) is 1.82. The van der Waals surface area contributed by atoms with E-state index in [-0.39, 0.29) is 11.9 Å². The lowest BCUT2D eigenvalue weighted by molar-refractivity contribution is 0.242. The Kier molecular flexibility index (Phi) is 5.35. The summed E-state index contributed by atoms with van der Waals surface area (Å²) in [6.45, 7) is 12.9. The molecule has 2 rings (SSSR count). The average molecular weight is 312 g/mol. The van der Waals surface area contributed by atoms with Gasteiger partial charge in [0.15, 0.2) is 0 Å². The molecule has 2 aromatic carbocycles. The molecule has 0 aliphatic rings. The largest absolute Gasteiger partial charge is 0.508 e. The van der Waals surface area contributed by atoms with Gasteiger partial charge in [-0.3, -0.25) is 0 Å². The first-order chi connectivity index (χ1) is 10.8. The summed E-state index contributed by atoms with van der Waals surface area (Å²) < 4.78 is 5.99. The first kappa shape index (κ1) is 17.4. The summed E-state index contributed by atoms with van der Waals surface area (Å²) in [5.41, 5.74) is 4.93. The molecule has 0 unspecified atom stereocenters. The molecule has 0 spiro atoms. The van der Waals surface area contributed by atoms with Crippen LogP contribution in [0.25, 0.3) is 11.1 Å². The molecule has 2 heteroatoms. The highest BCUT2D eigenvalue weighted by Crippen LogP contribution is 2.41. The van der Waals surface area contributed by atoms with Gasteiger partial charge in [0.25, 0.3) is 0 Å². The molecule has 0 aliphatic heterocycles. The number of ether oxygens (including phenoxy) is 1. The van der Waals surface area contributed by atoms with Gasteiger partial charge in [0, 0.05) is 11.6 Å². The number of benzene rings is 2. The van der Waals surface area contributed by atoms with Crippen LogP contribution in [0.5, 0.6) is 11.5 Å². The third kappa shape index (κ3) is 3.87. The fourth-order valence-electron chi connectivity index (χ4n) is 2.93. The minimum absolute atomic E-state index is 0.0595. The van der Waals surface area contributed by atoms with Crippen LogP contribution in [0.4, 0.5) is 0 Å². The monoisotopic (exact) mass is 312 g/mol. The summed E-state index contributed by atoms with van der Waals surface area (Å²) in [4.78, 5) is 0. The Hall–Kier alpha value is -1.96. The highest BCUT2D eigenvalue weighted by Gasteiger charge is 2.19. The quantitative estimate of drug-likeness (QED) is 0.723. The van der Waals surface area contributed by atoms with E-state index in [1.54, 1.807) is 12.1 Å². The molecule has 2 nitrogen and oxygen atoms in total. The number of aromatic hydroxyl groups is 1. The van der Waals surface area contributed by atoms with Gasteiger partial charge in [-0.25, -0.2) is 0 Å². The molecular weight excluding hydrogens is 284 g/mol. The Balaban J connectivity index is 2.75. The molecule has 0 atom stereocenters. The van der Waals surface area contributed by atoms with Crippen LogP contribution in [0.3, 0.4) is 0 Å². The third-order valence-corrected chi connectivity index (χ3v) is 3.97. The number of hydrogen-bond acceptors (Lipinski definition) is 2. The first-order valence-electron chi connectivity index (χ1n) is 8.44. The van der Waals surface area contributed by atoms with Gasteiger partial charge in [-0.15, -0.1) is 0 Å². The fourth-order valence-corrected chi connectivity index (χ4v) is 2.93. The number of phenolic OH excluding ortho intramolecular Hbond substituents is 1. The highest BCUT2D eigenvalue weighted by molar-refractivity contribution is 5.78. The van der Waals surface area contributed by atoms with Gasteiger partial charge >= 0.3 is 0 Å². The van der Waals surface area contributed by atoms with Gasteiger partial charge in [0.05, 0.1) is 6.10 Å². The Morgan fingerprint density at radius 2 is 1.39 bits per heavy atom. The highest BCUT2D eigenvalue weighted by atomic mass is 16.5. The summed E-state index contributed by atoms with van der Waals surface area (Å²) in [5, 5.41) is 9.87. The molecule has 0 saturated heterocycles. The van der Waals surface area contributed by atoms with Gasteiger partial charge in [0.1, 0.15) is 11.5 Å². The topological polar surface area (TPSA) is 29.5 Å². The van der Waals surface area contributed by atoms with Gasteiger partial charge in [0.2, 0.25) is 0 Å². The van der Waals surface area contributed by atoms with Crippen molar-refractivity contribution in [1.29, 1.82) is 0 Å². The van der Waals surface area contributed by atoms with Crippen LogP contribution in [0.15, 0.2) is 36.4 Å². The zero-order valence-corrected chi connectivity index (χ0v) is 15.1. The van der Waals surface area contributed by atoms with E-state index in [0.29, 0.717) is 11.8 Å². The smallest absolute Gasteiger partial charge is 0.131 e. The van der Waals surface area contributed by atoms with E-state index in [9.17, 15) is 5.11 Å². The Morgan fingerprint density at radius 1 is 0.826 bits per heavy atom. The predicted octanol–water partition coefficient (Wildman–Crippen LogP) is 6.09. The zero-order chi connectivity index (χ0) is 17.1. The van der Waals surface area contributed by atoms with Gasteiger partial charge < -0.3 is 9.84 Å². The molecule has 0 saturated carbocycles. The van der Waals surface area contributed by atoms with E-state index in [0.717, 1.165) is 11.3 Å². The molecule has 0 amide bonds. The second-order valence-corrected chi connectivity index (χ2v) is 6.97. The second kappa shape index (κ2) is 7.08. The lowest BCUT2D eigenvalue weighted by Gasteiger charge is -2.23. The Labute approximate surface area is 140 Å². The second-order valence-electron chi connectivity index (χ2n) is 6.97. The van der Waals surface area contributed by atoms with Crippen LogP contribution in [0.2, 0.25) is 0 Å². The maximum atomic E-state index is 9.87. The normalized spacial score (nSPS) is 11.5. The van der Waals surface area contributed by atoms with Crippen LogP contribution >= 0.6 is 0 Å². The molecular formula is C21H28O2. The van der Waals surface area contributed by atoms with E-state index in [2.05, 4.69) is 45.9 Å². The van der Waals surface area contributed by atoms with Crippen molar-refractivity contribution in [3.8, 4) is 22.6 Å². The van der Waals surface area contributed by atoms with Crippen LogP contribution in [0.1, 0.15) is 64.5 Å². The van der Waals surface area contributed by atoms with Crippen molar-refractivity contribution < 1.29 is 9.84 Å². The van der Waals surface area contributed by atoms with Crippen LogP contribution in [-0.2, 0) is 0 Å². The third-order valence-electron chi connectivity index (χ3n) is 3.97. The lowest BCUT2D eigenvalue weighted by Crippen LogP contribution is -2.08. The Bertz CT molecular complexity index is 643. The van der Waals surface area contributed by atoms with Crippen molar-refractivity contribution in [3.63, 3.8) is 0 Å². The van der Waals surface area contributed by atoms with Crippen molar-refractivity contribution in [2.45, 2.75) is 59.5 Å². The minimum atomic E-state index is 0.0595. The van der Waals surface area contributed by atoms with Crippen molar-refractivity contribution >= 4 is 0 Å². The molecule has 0 heterocycles. The average Bonchev–Trinajstić information content (AvgIpc) is 2.46. The lowest BCUT2D eigenvalue weighted by atomic mass is 9.84. The molecule has 0 fully saturated rings. The van der Waals surface area contributed by atoms with Crippen molar-refractivity contribution in [2.75, 3.05) is 0 Å². The van der Waals surface area contributed by atoms with E-state index < -0.39 is 0 Å². The minimum Gasteiger partial charge on any atom is -0.508 e.